The molecule has 0 aliphatic rings. The number of pyridine rings is 1. The van der Waals surface area contributed by atoms with Crippen molar-refractivity contribution in [3.05, 3.63) is 40.7 Å². The Morgan fingerprint density at radius 2 is 2.24 bits per heavy atom. The van der Waals surface area contributed by atoms with Crippen LogP contribution >= 0.6 is 15.9 Å². The van der Waals surface area contributed by atoms with Crippen molar-refractivity contribution >= 4 is 27.9 Å². The normalized spacial score (nSPS) is 10.9. The van der Waals surface area contributed by atoms with Gasteiger partial charge in [-0.2, -0.15) is 0 Å². The number of aromatic nitrogens is 3. The number of halogens is 1. The second-order valence-electron chi connectivity index (χ2n) is 3.39. The minimum atomic E-state index is 0.449. The Labute approximate surface area is 104 Å². The molecule has 3 rings (SSSR count). The predicted octanol–water partition coefficient (Wildman–Crippen LogP) is 2.56. The zero-order chi connectivity index (χ0) is 11.8. The summed E-state index contributed by atoms with van der Waals surface area (Å²) in [6.45, 7) is 0. The highest BCUT2D eigenvalue weighted by atomic mass is 79.9. The number of nitrogens with zero attached hydrogens (tertiary/aromatic N) is 3. The standard InChI is InChI=1S/C11H6BrN3O2/c12-9-4-3-8(17-9)10-13-11-7(6-16)2-1-5-15(11)14-10/h1-6H. The molecule has 6 heteroatoms. The summed E-state index contributed by atoms with van der Waals surface area (Å²) in [5, 5.41) is 4.24. The van der Waals surface area contributed by atoms with Gasteiger partial charge < -0.3 is 4.42 Å². The number of hydrogen-bond acceptors (Lipinski definition) is 4. The molecule has 0 radical (unpaired) electrons. The molecule has 0 N–H and O–H groups in total. The molecule has 0 spiro atoms. The van der Waals surface area contributed by atoms with Crippen LogP contribution in [0.1, 0.15) is 10.4 Å². The van der Waals surface area contributed by atoms with E-state index in [4.69, 9.17) is 4.42 Å². The number of aldehydes is 1. The summed E-state index contributed by atoms with van der Waals surface area (Å²) in [6.07, 6.45) is 2.49. The lowest BCUT2D eigenvalue weighted by Crippen LogP contribution is -1.90. The molecule has 0 aliphatic carbocycles. The maximum Gasteiger partial charge on any atom is 0.217 e. The van der Waals surface area contributed by atoms with Crippen LogP contribution in [-0.4, -0.2) is 20.9 Å². The van der Waals surface area contributed by atoms with E-state index in [-0.39, 0.29) is 0 Å². The second kappa shape index (κ2) is 3.81. The number of fused-ring (bicyclic) bond motifs is 1. The lowest BCUT2D eigenvalue weighted by molar-refractivity contribution is 0.112. The van der Waals surface area contributed by atoms with Crippen LogP contribution in [-0.2, 0) is 0 Å². The monoisotopic (exact) mass is 291 g/mol. The van der Waals surface area contributed by atoms with E-state index >= 15 is 0 Å². The van der Waals surface area contributed by atoms with Crippen molar-refractivity contribution in [2.75, 3.05) is 0 Å². The van der Waals surface area contributed by atoms with Crippen LogP contribution in [0.3, 0.4) is 0 Å². The van der Waals surface area contributed by atoms with Gasteiger partial charge in [-0.05, 0) is 40.2 Å². The van der Waals surface area contributed by atoms with E-state index in [1.165, 1.54) is 0 Å². The van der Waals surface area contributed by atoms with Crippen molar-refractivity contribution < 1.29 is 9.21 Å². The Morgan fingerprint density at radius 1 is 1.35 bits per heavy atom. The van der Waals surface area contributed by atoms with Crippen LogP contribution in [0.25, 0.3) is 17.2 Å². The van der Waals surface area contributed by atoms with Gasteiger partial charge in [0.1, 0.15) is 0 Å². The molecule has 0 aliphatic heterocycles. The molecule has 0 fully saturated rings. The van der Waals surface area contributed by atoms with Gasteiger partial charge in [-0.3, -0.25) is 4.79 Å². The average molecular weight is 292 g/mol. The maximum atomic E-state index is 10.9. The quantitative estimate of drug-likeness (QED) is 0.681. The first-order valence-corrected chi connectivity index (χ1v) is 5.63. The van der Waals surface area contributed by atoms with Gasteiger partial charge in [0.15, 0.2) is 22.4 Å². The lowest BCUT2D eigenvalue weighted by Gasteiger charge is -1.91. The molecule has 17 heavy (non-hydrogen) atoms. The number of furan rings is 1. The summed E-state index contributed by atoms with van der Waals surface area (Å²) < 4.78 is 7.53. The van der Waals surface area contributed by atoms with Crippen molar-refractivity contribution in [3.8, 4) is 11.6 Å². The van der Waals surface area contributed by atoms with Crippen molar-refractivity contribution in [3.63, 3.8) is 0 Å². The fraction of sp³-hybridized carbons (Fsp3) is 0. The van der Waals surface area contributed by atoms with Crippen LogP contribution in [0.5, 0.6) is 0 Å². The van der Waals surface area contributed by atoms with E-state index in [1.54, 1.807) is 35.0 Å². The second-order valence-corrected chi connectivity index (χ2v) is 4.17. The Kier molecular flexibility index (Phi) is 2.29. The largest absolute Gasteiger partial charge is 0.446 e. The average Bonchev–Trinajstić information content (AvgIpc) is 2.93. The Morgan fingerprint density at radius 3 is 2.94 bits per heavy atom. The first kappa shape index (κ1) is 10.2. The zero-order valence-corrected chi connectivity index (χ0v) is 10.1. The molecule has 0 unspecified atom stereocenters. The molecular weight excluding hydrogens is 286 g/mol. The number of carbonyl (C=O) groups excluding carboxylic acids is 1. The highest BCUT2D eigenvalue weighted by Crippen LogP contribution is 2.23. The van der Waals surface area contributed by atoms with E-state index in [0.29, 0.717) is 27.5 Å². The molecule has 3 aromatic rings. The topological polar surface area (TPSA) is 60.4 Å². The summed E-state index contributed by atoms with van der Waals surface area (Å²) in [5.41, 5.74) is 1.02. The molecule has 5 nitrogen and oxygen atoms in total. The minimum Gasteiger partial charge on any atom is -0.446 e. The molecule has 0 aromatic carbocycles. The first-order valence-electron chi connectivity index (χ1n) is 4.84. The van der Waals surface area contributed by atoms with Gasteiger partial charge in [0.25, 0.3) is 0 Å². The Bertz CT molecular complexity index is 702. The van der Waals surface area contributed by atoms with Gasteiger partial charge in [0.05, 0.1) is 5.56 Å². The summed E-state index contributed by atoms with van der Waals surface area (Å²) in [7, 11) is 0. The molecule has 0 saturated carbocycles. The summed E-state index contributed by atoms with van der Waals surface area (Å²) in [6, 6.07) is 6.97. The summed E-state index contributed by atoms with van der Waals surface area (Å²) >= 11 is 3.22. The third kappa shape index (κ3) is 1.66. The van der Waals surface area contributed by atoms with E-state index < -0.39 is 0 Å². The van der Waals surface area contributed by atoms with Gasteiger partial charge in [0, 0.05) is 6.20 Å². The predicted molar refractivity (Wildman–Crippen MR) is 63.8 cm³/mol. The van der Waals surface area contributed by atoms with Crippen LogP contribution < -0.4 is 0 Å². The van der Waals surface area contributed by atoms with Gasteiger partial charge in [0.2, 0.25) is 5.82 Å². The highest BCUT2D eigenvalue weighted by Gasteiger charge is 2.12. The number of hydrogen-bond donors (Lipinski definition) is 0. The van der Waals surface area contributed by atoms with Crippen LogP contribution in [0.15, 0.2) is 39.5 Å². The van der Waals surface area contributed by atoms with Crippen LogP contribution in [0.2, 0.25) is 0 Å². The van der Waals surface area contributed by atoms with E-state index in [1.807, 2.05) is 0 Å². The smallest absolute Gasteiger partial charge is 0.217 e. The van der Waals surface area contributed by atoms with Gasteiger partial charge in [-0.1, -0.05) is 0 Å². The molecular formula is C11H6BrN3O2. The lowest BCUT2D eigenvalue weighted by atomic mass is 10.3. The van der Waals surface area contributed by atoms with Crippen molar-refractivity contribution in [1.29, 1.82) is 0 Å². The zero-order valence-electron chi connectivity index (χ0n) is 8.50. The van der Waals surface area contributed by atoms with E-state index in [9.17, 15) is 4.79 Å². The molecule has 0 amide bonds. The van der Waals surface area contributed by atoms with Crippen LogP contribution in [0, 0.1) is 0 Å². The molecule has 3 aromatic heterocycles. The van der Waals surface area contributed by atoms with Gasteiger partial charge >= 0.3 is 0 Å². The fourth-order valence-corrected chi connectivity index (χ4v) is 1.86. The summed E-state index contributed by atoms with van der Waals surface area (Å²) in [5.74, 6) is 1.00. The number of rotatable bonds is 2. The van der Waals surface area contributed by atoms with Crippen molar-refractivity contribution in [1.82, 2.24) is 14.6 Å². The van der Waals surface area contributed by atoms with Crippen LogP contribution in [0.4, 0.5) is 0 Å². The van der Waals surface area contributed by atoms with Gasteiger partial charge in [-0.15, -0.1) is 5.10 Å². The van der Waals surface area contributed by atoms with Crippen molar-refractivity contribution in [2.24, 2.45) is 0 Å². The molecule has 0 saturated heterocycles. The highest BCUT2D eigenvalue weighted by molar-refractivity contribution is 9.10. The first-order chi connectivity index (χ1) is 8.28. The molecule has 84 valence electrons. The fourth-order valence-electron chi connectivity index (χ4n) is 1.56. The number of carbonyl (C=O) groups is 1. The van der Waals surface area contributed by atoms with Crippen molar-refractivity contribution in [2.45, 2.75) is 0 Å². The van der Waals surface area contributed by atoms with E-state index in [2.05, 4.69) is 26.0 Å². The third-order valence-electron chi connectivity index (χ3n) is 2.31. The van der Waals surface area contributed by atoms with E-state index in [0.717, 1.165) is 6.29 Å². The SMILES string of the molecule is O=Cc1cccn2nc(-c3ccc(Br)o3)nc12. The summed E-state index contributed by atoms with van der Waals surface area (Å²) in [4.78, 5) is 15.1. The molecule has 0 atom stereocenters. The Hall–Kier alpha value is -1.95. The maximum absolute atomic E-state index is 10.9. The van der Waals surface area contributed by atoms with Gasteiger partial charge in [-0.25, -0.2) is 9.50 Å². The Balaban J connectivity index is 2.23. The third-order valence-corrected chi connectivity index (χ3v) is 2.74. The molecule has 0 bridgehead atoms. The molecule has 3 heterocycles. The minimum absolute atomic E-state index is 0.449.